The van der Waals surface area contributed by atoms with Crippen LogP contribution < -0.4 is 10.6 Å². The Morgan fingerprint density at radius 2 is 1.59 bits per heavy atom. The van der Waals surface area contributed by atoms with Crippen LogP contribution in [-0.4, -0.2) is 114 Å². The van der Waals surface area contributed by atoms with Gasteiger partial charge in [-0.2, -0.15) is 0 Å². The van der Waals surface area contributed by atoms with Gasteiger partial charge in [-0.1, -0.05) is 20.8 Å². The van der Waals surface area contributed by atoms with E-state index in [0.29, 0.717) is 11.3 Å². The van der Waals surface area contributed by atoms with Crippen LogP contribution in [0.5, 0.6) is 5.75 Å². The predicted molar refractivity (Wildman–Crippen MR) is 182 cm³/mol. The van der Waals surface area contributed by atoms with E-state index in [4.69, 9.17) is 15.2 Å². The number of anilines is 1. The maximum absolute atomic E-state index is 14.4. The van der Waals surface area contributed by atoms with E-state index in [0.717, 1.165) is 0 Å². The lowest BCUT2D eigenvalue weighted by Gasteiger charge is -2.52. The number of aromatic hydroxyl groups is 1. The summed E-state index contributed by atoms with van der Waals surface area (Å²) in [7, 11) is 6.51. The monoisotopic (exact) mass is 714 g/mol. The molecular weight excluding hydrogens is 664 g/mol. The minimum atomic E-state index is -2.85. The number of esters is 1. The number of phenols is 1. The van der Waals surface area contributed by atoms with Crippen molar-refractivity contribution in [3.63, 3.8) is 0 Å². The van der Waals surface area contributed by atoms with Crippen molar-refractivity contribution in [3.05, 3.63) is 22.8 Å². The first kappa shape index (κ1) is 39.4. The number of likely N-dealkylation sites (N-methyl/N-ethyl adjacent to an activating group) is 1. The molecule has 4 N–H and O–H groups in total. The second-order valence-electron chi connectivity index (χ2n) is 16.6. The number of amides is 2. The summed E-state index contributed by atoms with van der Waals surface area (Å²) in [6.45, 7) is 9.85. The molecule has 2 unspecified atom stereocenters. The van der Waals surface area contributed by atoms with Crippen molar-refractivity contribution in [1.82, 2.24) is 9.80 Å². The van der Waals surface area contributed by atoms with Gasteiger partial charge in [-0.05, 0) is 70.7 Å². The molecule has 0 aliphatic heterocycles. The van der Waals surface area contributed by atoms with Gasteiger partial charge in [0, 0.05) is 37.8 Å². The van der Waals surface area contributed by atoms with Crippen LogP contribution in [0.3, 0.4) is 0 Å². The van der Waals surface area contributed by atoms with E-state index in [1.54, 1.807) is 45.8 Å². The van der Waals surface area contributed by atoms with Crippen LogP contribution in [-0.2, 0) is 46.4 Å². The number of Topliss-reactive ketones (excluding diaryl/α,β-unsaturated/α-hetero) is 4. The largest absolute Gasteiger partial charge is 0.507 e. The molecule has 15 heteroatoms. The molecule has 4 rings (SSSR count). The number of benzene rings is 1. The third-order valence-electron chi connectivity index (χ3n) is 9.87. The molecule has 3 aliphatic rings. The highest BCUT2D eigenvalue weighted by molar-refractivity contribution is 6.32. The molecule has 51 heavy (non-hydrogen) atoms. The maximum atomic E-state index is 14.4. The summed E-state index contributed by atoms with van der Waals surface area (Å²) in [4.78, 5) is 97.9. The van der Waals surface area contributed by atoms with Gasteiger partial charge in [0.05, 0.1) is 29.5 Å². The number of primary amides is 1. The van der Waals surface area contributed by atoms with Gasteiger partial charge >= 0.3 is 12.1 Å². The van der Waals surface area contributed by atoms with Gasteiger partial charge in [0.15, 0.2) is 34.7 Å². The molecule has 0 heterocycles. The normalized spacial score (nSPS) is 26.2. The molecule has 6 atom stereocenters. The number of phenolic OH excluding ortho intramolecular Hbond substituents is 1. The van der Waals surface area contributed by atoms with Gasteiger partial charge in [-0.25, -0.2) is 4.79 Å². The van der Waals surface area contributed by atoms with Crippen molar-refractivity contribution >= 4 is 46.8 Å². The number of ketones is 4. The molecule has 3 aliphatic carbocycles. The summed E-state index contributed by atoms with van der Waals surface area (Å²) in [5.41, 5.74) is 2.19. The van der Waals surface area contributed by atoms with Crippen LogP contribution in [0.2, 0.25) is 0 Å². The number of nitrogens with zero attached hydrogens (tertiary/aromatic N) is 3. The van der Waals surface area contributed by atoms with Crippen LogP contribution >= 0.6 is 0 Å². The number of aliphatic hydroxyl groups is 1. The smallest absolute Gasteiger partial charge is 0.412 e. The standard InChI is InChI=1S/C36H50N4O11/c1-34(2,3)15-40(33(48)51-16-50-32(47)35(4,5)6)14-18-13-21(38(7)8)19-11-17-12-20-25(39(9)10)28(43)24(31(37)46)30(45)36(20,49)29(44)22(17)27(42)23(19)26(18)41/h13,17,20,22,24-25,41,49H,11-12,14-16H2,1-10H3,(H2,37,46)/t17-,20-,22?,24?,25-,36-/m0/s1. The van der Waals surface area contributed by atoms with Crippen molar-refractivity contribution < 1.29 is 53.2 Å². The highest BCUT2D eigenvalue weighted by Crippen LogP contribution is 2.52. The average molecular weight is 715 g/mol. The molecule has 0 saturated heterocycles. The van der Waals surface area contributed by atoms with Crippen LogP contribution in [0.25, 0.3) is 0 Å². The Morgan fingerprint density at radius 3 is 2.10 bits per heavy atom. The summed E-state index contributed by atoms with van der Waals surface area (Å²) in [5.74, 6) is -12.1. The van der Waals surface area contributed by atoms with Crippen molar-refractivity contribution in [2.75, 3.05) is 46.4 Å². The SMILES string of the molecule is CN(C)c1cc(CN(CC(C)(C)C)C(=O)OCOC(=O)C(C)(C)C)c(O)c2c1C[C@H]1C[C@H]3[C@H](N(C)C)C(=O)C(C(N)=O)C(=O)[C@@]3(O)C(=O)C1C2=O. The number of hydrogen-bond donors (Lipinski definition) is 3. The molecule has 0 bridgehead atoms. The Hall–Kier alpha value is -4.37. The number of carbonyl (C=O) groups is 7. The number of hydrogen-bond acceptors (Lipinski definition) is 13. The molecule has 1 aromatic rings. The summed E-state index contributed by atoms with van der Waals surface area (Å²) >= 11 is 0. The lowest BCUT2D eigenvalue weighted by Crippen LogP contribution is -2.74. The number of fused-ring (bicyclic) bond motifs is 3. The first-order chi connectivity index (χ1) is 23.3. The van der Waals surface area contributed by atoms with Crippen LogP contribution in [0, 0.1) is 34.5 Å². The van der Waals surface area contributed by atoms with Gasteiger partial charge in [-0.15, -0.1) is 0 Å². The second-order valence-corrected chi connectivity index (χ2v) is 16.6. The van der Waals surface area contributed by atoms with Crippen LogP contribution in [0.4, 0.5) is 10.5 Å². The highest BCUT2D eigenvalue weighted by atomic mass is 16.7. The Balaban J connectivity index is 1.77. The van der Waals surface area contributed by atoms with Crippen molar-refractivity contribution in [1.29, 1.82) is 0 Å². The Bertz CT molecular complexity index is 1670. The zero-order chi connectivity index (χ0) is 38.7. The first-order valence-corrected chi connectivity index (χ1v) is 16.8. The molecule has 2 saturated carbocycles. The van der Waals surface area contributed by atoms with Crippen molar-refractivity contribution in [2.45, 2.75) is 72.6 Å². The van der Waals surface area contributed by atoms with Gasteiger partial charge < -0.3 is 35.2 Å². The molecule has 0 radical (unpaired) electrons. The fourth-order valence-corrected chi connectivity index (χ4v) is 7.63. The molecule has 280 valence electrons. The first-order valence-electron chi connectivity index (χ1n) is 16.8. The van der Waals surface area contributed by atoms with E-state index >= 15 is 0 Å². The number of carbonyl (C=O) groups excluding carboxylic acids is 7. The quantitative estimate of drug-likeness (QED) is 0.198. The fraction of sp³-hybridized carbons (Fsp3) is 0.639. The fourth-order valence-electron chi connectivity index (χ4n) is 7.63. The van der Waals surface area contributed by atoms with Crippen molar-refractivity contribution in [3.8, 4) is 5.75 Å². The van der Waals surface area contributed by atoms with Crippen LogP contribution in [0.1, 0.15) is 69.4 Å². The van der Waals surface area contributed by atoms with E-state index in [2.05, 4.69) is 0 Å². The van der Waals surface area contributed by atoms with Crippen LogP contribution in [0.15, 0.2) is 6.07 Å². The molecule has 1 aromatic carbocycles. The minimum absolute atomic E-state index is 0.0791. The number of ether oxygens (including phenoxy) is 2. The van der Waals surface area contributed by atoms with Gasteiger partial charge in [-0.3, -0.25) is 33.7 Å². The van der Waals surface area contributed by atoms with E-state index in [1.165, 1.54) is 23.9 Å². The number of rotatable bonds is 8. The minimum Gasteiger partial charge on any atom is -0.507 e. The second kappa shape index (κ2) is 13.6. The van der Waals surface area contributed by atoms with E-state index in [1.807, 2.05) is 20.8 Å². The third-order valence-corrected chi connectivity index (χ3v) is 9.87. The molecule has 0 aromatic heterocycles. The summed E-state index contributed by atoms with van der Waals surface area (Å²) in [6, 6.07) is 0.431. The van der Waals surface area contributed by atoms with E-state index in [9.17, 15) is 43.8 Å². The molecule has 2 amide bonds. The van der Waals surface area contributed by atoms with Gasteiger partial charge in [0.2, 0.25) is 12.7 Å². The van der Waals surface area contributed by atoms with Gasteiger partial charge in [0.1, 0.15) is 5.75 Å². The Morgan fingerprint density at radius 1 is 0.980 bits per heavy atom. The lowest BCUT2D eigenvalue weighted by molar-refractivity contribution is -0.181. The topological polar surface area (TPSA) is 214 Å². The zero-order valence-corrected chi connectivity index (χ0v) is 31.0. The molecule has 2 fully saturated rings. The Kier molecular flexibility index (Phi) is 10.5. The van der Waals surface area contributed by atoms with Gasteiger partial charge in [0.25, 0.3) is 0 Å². The average Bonchev–Trinajstić information content (AvgIpc) is 2.98. The predicted octanol–water partition coefficient (Wildman–Crippen LogP) is 1.46. The van der Waals surface area contributed by atoms with Crippen molar-refractivity contribution in [2.24, 2.45) is 40.2 Å². The number of nitrogens with two attached hydrogens (primary N) is 1. The zero-order valence-electron chi connectivity index (χ0n) is 31.0. The van der Waals surface area contributed by atoms with E-state index in [-0.39, 0.29) is 37.1 Å². The summed E-state index contributed by atoms with van der Waals surface area (Å²) in [6.07, 6.45) is -0.841. The lowest BCUT2D eigenvalue weighted by atomic mass is 9.52. The molecule has 15 nitrogen and oxygen atoms in total. The van der Waals surface area contributed by atoms with E-state index < -0.39 is 99.8 Å². The highest BCUT2D eigenvalue weighted by Gasteiger charge is 2.69. The third kappa shape index (κ3) is 7.10. The maximum Gasteiger partial charge on any atom is 0.412 e. The Labute approximate surface area is 297 Å². The molecular formula is C36H50N4O11. The summed E-state index contributed by atoms with van der Waals surface area (Å²) in [5, 5.41) is 23.6. The summed E-state index contributed by atoms with van der Waals surface area (Å²) < 4.78 is 10.4. The molecule has 0 spiro atoms.